The molecular formula is C26H19N3. The van der Waals surface area contributed by atoms with E-state index < -0.39 is 5.54 Å². The summed E-state index contributed by atoms with van der Waals surface area (Å²) in [5.74, 6) is -0.300. The summed E-state index contributed by atoms with van der Waals surface area (Å²) in [5, 5.41) is 20.7. The van der Waals surface area contributed by atoms with Gasteiger partial charge in [-0.2, -0.15) is 10.5 Å². The number of nitriles is 2. The van der Waals surface area contributed by atoms with E-state index in [-0.39, 0.29) is 17.9 Å². The van der Waals surface area contributed by atoms with E-state index in [2.05, 4.69) is 36.4 Å². The van der Waals surface area contributed by atoms with Crippen molar-refractivity contribution in [1.29, 1.82) is 10.5 Å². The van der Waals surface area contributed by atoms with Gasteiger partial charge < -0.3 is 4.90 Å². The summed E-state index contributed by atoms with van der Waals surface area (Å²) < 4.78 is 0. The standard InChI is InChI=1S/C26H19N3/c27-17-26(18-28)24(21-12-5-2-6-13-21)23(20-10-3-1-4-11-20)25-22-14-8-7-9-19(22)15-16-29(25)26/h1-16,23-25H/t23-,24-,25+/m1/s1. The second-order valence-electron chi connectivity index (χ2n) is 7.61. The number of benzene rings is 3. The minimum atomic E-state index is -1.28. The van der Waals surface area contributed by atoms with Crippen molar-refractivity contribution < 1.29 is 0 Å². The fourth-order valence-corrected chi connectivity index (χ4v) is 5.08. The van der Waals surface area contributed by atoms with E-state index in [4.69, 9.17) is 0 Å². The highest BCUT2D eigenvalue weighted by molar-refractivity contribution is 5.62. The monoisotopic (exact) mass is 373 g/mol. The lowest BCUT2D eigenvalue weighted by molar-refractivity contribution is 0.255. The molecule has 0 spiro atoms. The number of hydrogen-bond acceptors (Lipinski definition) is 3. The van der Waals surface area contributed by atoms with Crippen molar-refractivity contribution in [3.05, 3.63) is 113 Å². The van der Waals surface area contributed by atoms with Gasteiger partial charge in [-0.25, -0.2) is 0 Å². The van der Waals surface area contributed by atoms with E-state index in [1.807, 2.05) is 77.8 Å². The van der Waals surface area contributed by atoms with Crippen LogP contribution in [0.4, 0.5) is 0 Å². The van der Waals surface area contributed by atoms with Crippen LogP contribution in [0.1, 0.15) is 40.1 Å². The van der Waals surface area contributed by atoms with Gasteiger partial charge in [-0.1, -0.05) is 84.9 Å². The molecule has 0 unspecified atom stereocenters. The molecule has 3 aromatic rings. The van der Waals surface area contributed by atoms with Crippen molar-refractivity contribution in [1.82, 2.24) is 4.90 Å². The van der Waals surface area contributed by atoms with Gasteiger partial charge in [-0.15, -0.1) is 0 Å². The van der Waals surface area contributed by atoms with Crippen molar-refractivity contribution in [2.75, 3.05) is 0 Å². The zero-order valence-corrected chi connectivity index (χ0v) is 15.8. The Morgan fingerprint density at radius 3 is 1.97 bits per heavy atom. The fraction of sp³-hybridized carbons (Fsp3) is 0.154. The topological polar surface area (TPSA) is 50.8 Å². The van der Waals surface area contributed by atoms with Crippen LogP contribution in [-0.4, -0.2) is 10.4 Å². The second kappa shape index (κ2) is 6.66. The fourth-order valence-electron chi connectivity index (χ4n) is 5.08. The van der Waals surface area contributed by atoms with Gasteiger partial charge in [-0.05, 0) is 28.3 Å². The predicted octanol–water partition coefficient (Wildman–Crippen LogP) is 5.38. The number of nitrogens with zero attached hydrogens (tertiary/aromatic N) is 3. The van der Waals surface area contributed by atoms with E-state index in [0.717, 1.165) is 22.3 Å². The highest BCUT2D eigenvalue weighted by Crippen LogP contribution is 2.60. The molecule has 0 amide bonds. The molecule has 5 rings (SSSR count). The SMILES string of the molecule is N#CC1(C#N)[C@H](c2ccccc2)[C@@H](c2ccccc2)[C@@H]2c3ccccc3C=CN21. The van der Waals surface area contributed by atoms with Crippen LogP contribution in [0.3, 0.4) is 0 Å². The van der Waals surface area contributed by atoms with Gasteiger partial charge in [0.2, 0.25) is 5.54 Å². The Morgan fingerprint density at radius 2 is 1.31 bits per heavy atom. The van der Waals surface area contributed by atoms with Crippen molar-refractivity contribution in [3.8, 4) is 12.1 Å². The summed E-state index contributed by atoms with van der Waals surface area (Å²) in [5.41, 5.74) is 3.19. The average molecular weight is 373 g/mol. The Morgan fingerprint density at radius 1 is 0.724 bits per heavy atom. The quantitative estimate of drug-likeness (QED) is 0.606. The van der Waals surface area contributed by atoms with Crippen molar-refractivity contribution in [2.45, 2.75) is 23.4 Å². The maximum atomic E-state index is 10.4. The molecule has 1 fully saturated rings. The Kier molecular flexibility index (Phi) is 3.97. The Bertz CT molecular complexity index is 1140. The summed E-state index contributed by atoms with van der Waals surface area (Å²) in [7, 11) is 0. The maximum absolute atomic E-state index is 10.4. The molecule has 3 atom stereocenters. The van der Waals surface area contributed by atoms with Crippen LogP contribution in [0.15, 0.2) is 91.1 Å². The van der Waals surface area contributed by atoms with Gasteiger partial charge in [0.1, 0.15) is 12.1 Å². The van der Waals surface area contributed by atoms with Gasteiger partial charge in [0, 0.05) is 18.0 Å². The molecular weight excluding hydrogens is 354 g/mol. The molecule has 0 N–H and O–H groups in total. The molecule has 138 valence electrons. The maximum Gasteiger partial charge on any atom is 0.222 e. The molecule has 3 nitrogen and oxygen atoms in total. The average Bonchev–Trinajstić information content (AvgIpc) is 3.11. The van der Waals surface area contributed by atoms with Gasteiger partial charge >= 0.3 is 0 Å². The molecule has 29 heavy (non-hydrogen) atoms. The molecule has 0 aliphatic carbocycles. The molecule has 1 saturated heterocycles. The smallest absolute Gasteiger partial charge is 0.222 e. The summed E-state index contributed by atoms with van der Waals surface area (Å²) in [4.78, 5) is 1.99. The molecule has 0 radical (unpaired) electrons. The van der Waals surface area contributed by atoms with E-state index in [1.165, 1.54) is 0 Å². The van der Waals surface area contributed by atoms with Gasteiger partial charge in [0.15, 0.2) is 0 Å². The zero-order chi connectivity index (χ0) is 19.8. The highest BCUT2D eigenvalue weighted by atomic mass is 15.3. The number of fused-ring (bicyclic) bond motifs is 3. The van der Waals surface area contributed by atoms with Crippen molar-refractivity contribution in [2.24, 2.45) is 0 Å². The van der Waals surface area contributed by atoms with Crippen molar-refractivity contribution in [3.63, 3.8) is 0 Å². The van der Waals surface area contributed by atoms with E-state index in [9.17, 15) is 10.5 Å². The summed E-state index contributed by atoms with van der Waals surface area (Å²) in [6.07, 6.45) is 3.96. The highest BCUT2D eigenvalue weighted by Gasteiger charge is 2.61. The zero-order valence-electron chi connectivity index (χ0n) is 15.8. The molecule has 0 bridgehead atoms. The van der Waals surface area contributed by atoms with Crippen LogP contribution in [0.2, 0.25) is 0 Å². The molecule has 0 aromatic heterocycles. The second-order valence-corrected chi connectivity index (χ2v) is 7.61. The summed E-state index contributed by atoms with van der Waals surface area (Å²) in [6, 6.07) is 33.4. The molecule has 2 aliphatic heterocycles. The lowest BCUT2D eigenvalue weighted by Gasteiger charge is -2.35. The van der Waals surface area contributed by atoms with Crippen LogP contribution in [0, 0.1) is 22.7 Å². The minimum Gasteiger partial charge on any atom is -0.340 e. The third-order valence-electron chi connectivity index (χ3n) is 6.27. The lowest BCUT2D eigenvalue weighted by Crippen LogP contribution is -2.43. The molecule has 2 heterocycles. The first kappa shape index (κ1) is 17.3. The molecule has 2 aliphatic rings. The van der Waals surface area contributed by atoms with Crippen LogP contribution in [0.5, 0.6) is 0 Å². The molecule has 0 saturated carbocycles. The minimum absolute atomic E-state index is 0.0241. The summed E-state index contributed by atoms with van der Waals surface area (Å²) in [6.45, 7) is 0. The number of rotatable bonds is 2. The Balaban J connectivity index is 1.82. The van der Waals surface area contributed by atoms with E-state index >= 15 is 0 Å². The van der Waals surface area contributed by atoms with Crippen LogP contribution >= 0.6 is 0 Å². The molecule has 3 heteroatoms. The first-order valence-corrected chi connectivity index (χ1v) is 9.78. The van der Waals surface area contributed by atoms with E-state index in [0.29, 0.717) is 0 Å². The lowest BCUT2D eigenvalue weighted by atomic mass is 9.72. The van der Waals surface area contributed by atoms with Crippen LogP contribution < -0.4 is 0 Å². The van der Waals surface area contributed by atoms with Crippen LogP contribution in [-0.2, 0) is 0 Å². The predicted molar refractivity (Wildman–Crippen MR) is 112 cm³/mol. The largest absolute Gasteiger partial charge is 0.340 e. The third-order valence-corrected chi connectivity index (χ3v) is 6.27. The third kappa shape index (κ3) is 2.42. The first-order valence-electron chi connectivity index (χ1n) is 9.78. The normalized spacial score (nSPS) is 23.5. The summed E-state index contributed by atoms with van der Waals surface area (Å²) >= 11 is 0. The van der Waals surface area contributed by atoms with Crippen LogP contribution in [0.25, 0.3) is 6.08 Å². The van der Waals surface area contributed by atoms with Gasteiger partial charge in [-0.3, -0.25) is 0 Å². The number of hydrogen-bond donors (Lipinski definition) is 0. The Hall–Kier alpha value is -3.82. The van der Waals surface area contributed by atoms with Gasteiger partial charge in [0.05, 0.1) is 6.04 Å². The van der Waals surface area contributed by atoms with E-state index in [1.54, 1.807) is 0 Å². The Labute approximate surface area is 170 Å². The molecule has 3 aromatic carbocycles. The van der Waals surface area contributed by atoms with Gasteiger partial charge in [0.25, 0.3) is 0 Å². The van der Waals surface area contributed by atoms with Crippen molar-refractivity contribution >= 4 is 6.08 Å². The first-order chi connectivity index (χ1) is 14.3.